The number of unbranched alkanes of at least 4 members (excludes halogenated alkanes) is 31. The third-order valence-corrected chi connectivity index (χ3v) is 9.93. The second-order valence-electron chi connectivity index (χ2n) is 14.1. The zero-order chi connectivity index (χ0) is 32.9. The Morgan fingerprint density at radius 2 is 0.756 bits per heavy atom. The molecular weight excluding hydrogens is 577 g/mol. The fraction of sp³-hybridized carbons (Fsp3) is 0.950. The summed E-state index contributed by atoms with van der Waals surface area (Å²) in [4.78, 5) is 0. The maximum absolute atomic E-state index is 11.1. The minimum absolute atomic E-state index is 0.0486. The number of hydrogen-bond acceptors (Lipinski definition) is 3. The Morgan fingerprint density at radius 1 is 0.467 bits per heavy atom. The Kier molecular flexibility index (Phi) is 36.1. The van der Waals surface area contributed by atoms with Crippen LogP contribution in [0.25, 0.3) is 0 Å². The molecule has 0 saturated heterocycles. The van der Waals surface area contributed by atoms with Crippen molar-refractivity contribution in [3.8, 4) is 0 Å². The number of allylic oxidation sites excluding steroid dienone is 1. The minimum Gasteiger partial charge on any atom is -0.264 e. The van der Waals surface area contributed by atoms with Crippen LogP contribution in [0, 0.1) is 5.92 Å². The van der Waals surface area contributed by atoms with Crippen LogP contribution in [-0.2, 0) is 14.6 Å². The largest absolute Gasteiger partial charge is 0.397 e. The van der Waals surface area contributed by atoms with Crippen molar-refractivity contribution in [2.75, 3.05) is 6.61 Å². The van der Waals surface area contributed by atoms with Crippen LogP contribution < -0.4 is 0 Å². The van der Waals surface area contributed by atoms with E-state index in [0.29, 0.717) is 0 Å². The molecule has 270 valence electrons. The normalized spacial score (nSPS) is 12.9. The quantitative estimate of drug-likeness (QED) is 0.0408. The molecule has 0 aromatic rings. The summed E-state index contributed by atoms with van der Waals surface area (Å²) in [5.41, 5.74) is 0. The standard InChI is InChI=1S/C40H80O4S/c1-3-5-7-9-11-13-15-17-19-21-22-24-26-28-30-32-34-36-38-40(39-44-45(41,42)43)37-35-33-31-29-27-25-23-20-18-16-14-12-10-8-6-4-2/h35,37,40H,3-34,36,38-39H2,1-2H3,(H,41,42,43)/b37-35+. The lowest BCUT2D eigenvalue weighted by Crippen LogP contribution is -2.12. The lowest BCUT2D eigenvalue weighted by molar-refractivity contribution is 0.234. The second-order valence-corrected chi connectivity index (χ2v) is 15.2. The van der Waals surface area contributed by atoms with Crippen LogP contribution in [0.2, 0.25) is 0 Å². The molecule has 1 unspecified atom stereocenters. The highest BCUT2D eigenvalue weighted by atomic mass is 32.3. The summed E-state index contributed by atoms with van der Waals surface area (Å²) in [7, 11) is -4.38. The van der Waals surface area contributed by atoms with Gasteiger partial charge >= 0.3 is 10.4 Å². The molecule has 0 rings (SSSR count). The first-order valence-corrected chi connectivity index (χ1v) is 21.6. The predicted molar refractivity (Wildman–Crippen MR) is 198 cm³/mol. The molecule has 0 radical (unpaired) electrons. The zero-order valence-corrected chi connectivity index (χ0v) is 31.4. The molecule has 0 aromatic carbocycles. The topological polar surface area (TPSA) is 63.6 Å². The summed E-state index contributed by atoms with van der Waals surface area (Å²) >= 11 is 0. The van der Waals surface area contributed by atoms with Gasteiger partial charge in [-0.2, -0.15) is 8.42 Å². The van der Waals surface area contributed by atoms with Gasteiger partial charge in [0.15, 0.2) is 0 Å². The van der Waals surface area contributed by atoms with Crippen LogP contribution in [0.5, 0.6) is 0 Å². The van der Waals surface area contributed by atoms with Crippen LogP contribution >= 0.6 is 0 Å². The van der Waals surface area contributed by atoms with Crippen molar-refractivity contribution in [3.63, 3.8) is 0 Å². The van der Waals surface area contributed by atoms with E-state index in [0.717, 1.165) is 19.3 Å². The van der Waals surface area contributed by atoms with Crippen LogP contribution in [0.15, 0.2) is 12.2 Å². The highest BCUT2D eigenvalue weighted by Gasteiger charge is 2.11. The van der Waals surface area contributed by atoms with Crippen LogP contribution in [-0.4, -0.2) is 19.6 Å². The Balaban J connectivity index is 3.70. The molecule has 4 nitrogen and oxygen atoms in total. The first kappa shape index (κ1) is 44.6. The van der Waals surface area contributed by atoms with Crippen LogP contribution in [0.4, 0.5) is 0 Å². The van der Waals surface area contributed by atoms with Crippen molar-refractivity contribution in [2.24, 2.45) is 5.92 Å². The maximum Gasteiger partial charge on any atom is 0.397 e. The molecule has 1 N–H and O–H groups in total. The summed E-state index contributed by atoms with van der Waals surface area (Å²) in [6.07, 6.45) is 50.0. The summed E-state index contributed by atoms with van der Waals surface area (Å²) < 4.78 is 36.0. The van der Waals surface area contributed by atoms with E-state index in [4.69, 9.17) is 8.74 Å². The molecule has 0 amide bonds. The van der Waals surface area contributed by atoms with E-state index in [2.05, 4.69) is 26.0 Å². The first-order chi connectivity index (χ1) is 22.0. The molecule has 0 aliphatic carbocycles. The van der Waals surface area contributed by atoms with Gasteiger partial charge in [0.25, 0.3) is 0 Å². The monoisotopic (exact) mass is 657 g/mol. The maximum atomic E-state index is 11.1. The molecule has 0 aliphatic heterocycles. The van der Waals surface area contributed by atoms with Gasteiger partial charge in [0.2, 0.25) is 0 Å². The van der Waals surface area contributed by atoms with E-state index < -0.39 is 10.4 Å². The average molecular weight is 657 g/mol. The molecule has 0 bridgehead atoms. The van der Waals surface area contributed by atoms with E-state index in [-0.39, 0.29) is 12.5 Å². The van der Waals surface area contributed by atoms with E-state index in [9.17, 15) is 8.42 Å². The molecule has 45 heavy (non-hydrogen) atoms. The molecule has 5 heteroatoms. The molecule has 0 spiro atoms. The van der Waals surface area contributed by atoms with E-state index in [1.807, 2.05) is 0 Å². The molecule has 0 aromatic heterocycles. The van der Waals surface area contributed by atoms with E-state index in [1.54, 1.807) is 0 Å². The average Bonchev–Trinajstić information content (AvgIpc) is 3.02. The zero-order valence-electron chi connectivity index (χ0n) is 30.6. The Labute approximate surface area is 283 Å². The molecule has 1 atom stereocenters. The third-order valence-electron chi connectivity index (χ3n) is 9.49. The molecular formula is C40H80O4S. The van der Waals surface area contributed by atoms with Crippen molar-refractivity contribution in [1.82, 2.24) is 0 Å². The fourth-order valence-corrected chi connectivity index (χ4v) is 6.81. The number of rotatable bonds is 38. The second kappa shape index (κ2) is 36.4. The fourth-order valence-electron chi connectivity index (χ4n) is 6.46. The van der Waals surface area contributed by atoms with Crippen LogP contribution in [0.3, 0.4) is 0 Å². The van der Waals surface area contributed by atoms with Gasteiger partial charge in [0.1, 0.15) is 0 Å². The summed E-state index contributed by atoms with van der Waals surface area (Å²) in [6, 6.07) is 0. The first-order valence-electron chi connectivity index (χ1n) is 20.3. The minimum atomic E-state index is -4.38. The molecule has 0 saturated carbocycles. The lowest BCUT2D eigenvalue weighted by Gasteiger charge is -2.12. The highest BCUT2D eigenvalue weighted by molar-refractivity contribution is 7.80. The van der Waals surface area contributed by atoms with Crippen molar-refractivity contribution < 1.29 is 17.2 Å². The van der Waals surface area contributed by atoms with Crippen molar-refractivity contribution >= 4 is 10.4 Å². The number of hydrogen-bond donors (Lipinski definition) is 1. The van der Waals surface area contributed by atoms with Crippen molar-refractivity contribution in [3.05, 3.63) is 12.2 Å². The Bertz CT molecular complexity index is 690. The van der Waals surface area contributed by atoms with Crippen LogP contribution in [0.1, 0.15) is 232 Å². The van der Waals surface area contributed by atoms with Gasteiger partial charge in [-0.3, -0.25) is 4.55 Å². The van der Waals surface area contributed by atoms with E-state index in [1.165, 1.54) is 199 Å². The summed E-state index contributed by atoms with van der Waals surface area (Å²) in [5.74, 6) is 0.0552. The van der Waals surface area contributed by atoms with Crippen molar-refractivity contribution in [1.29, 1.82) is 0 Å². The van der Waals surface area contributed by atoms with Gasteiger partial charge in [-0.05, 0) is 19.3 Å². The summed E-state index contributed by atoms with van der Waals surface area (Å²) in [6.45, 7) is 4.61. The Morgan fingerprint density at radius 3 is 1.07 bits per heavy atom. The smallest absolute Gasteiger partial charge is 0.264 e. The predicted octanol–water partition coefficient (Wildman–Crippen LogP) is 14.3. The van der Waals surface area contributed by atoms with Gasteiger partial charge in [-0.1, -0.05) is 225 Å². The Hall–Kier alpha value is -0.390. The summed E-state index contributed by atoms with van der Waals surface area (Å²) in [5, 5.41) is 0. The molecule has 0 heterocycles. The van der Waals surface area contributed by atoms with Gasteiger partial charge in [-0.25, -0.2) is 4.18 Å². The van der Waals surface area contributed by atoms with Gasteiger partial charge < -0.3 is 0 Å². The molecule has 0 fully saturated rings. The SMILES string of the molecule is CCCCCCCCCCCCCCCC/C=C/C(CCCCCCCCCCCCCCCCCCCC)COS(=O)(=O)O. The van der Waals surface area contributed by atoms with E-state index >= 15 is 0 Å². The molecule has 0 aliphatic rings. The van der Waals surface area contributed by atoms with Gasteiger partial charge in [0, 0.05) is 5.92 Å². The van der Waals surface area contributed by atoms with Gasteiger partial charge in [0.05, 0.1) is 6.61 Å². The van der Waals surface area contributed by atoms with Gasteiger partial charge in [-0.15, -0.1) is 0 Å². The third kappa shape index (κ3) is 39.7. The van der Waals surface area contributed by atoms with Crippen molar-refractivity contribution in [2.45, 2.75) is 232 Å². The highest BCUT2D eigenvalue weighted by Crippen LogP contribution is 2.18. The lowest BCUT2D eigenvalue weighted by atomic mass is 9.99.